The Labute approximate surface area is 103 Å². The number of hydrogen-bond donors (Lipinski definition) is 4. The lowest BCUT2D eigenvalue weighted by atomic mass is 10.8. The van der Waals surface area contributed by atoms with Gasteiger partial charge in [0, 0.05) is 19.4 Å². The van der Waals surface area contributed by atoms with Crippen LogP contribution in [0.2, 0.25) is 0 Å². The summed E-state index contributed by atoms with van der Waals surface area (Å²) in [6, 6.07) is 0. The highest BCUT2D eigenvalue weighted by Crippen LogP contribution is 2.01. The van der Waals surface area contributed by atoms with Gasteiger partial charge in [-0.05, 0) is 20.3 Å². The lowest BCUT2D eigenvalue weighted by molar-refractivity contribution is 0.364. The van der Waals surface area contributed by atoms with Gasteiger partial charge >= 0.3 is 10.4 Å². The third-order valence-electron chi connectivity index (χ3n) is 1.13. The number of nitrogens with two attached hydrogens (primary N) is 2. The number of rotatable bonds is 1. The van der Waals surface area contributed by atoms with Gasteiger partial charge < -0.3 is 21.3 Å². The minimum atomic E-state index is -4.67. The molecule has 0 spiro atoms. The molecular weight excluding hydrogens is 248 g/mol. The second-order valence-electron chi connectivity index (χ2n) is 2.34. The largest absolute Gasteiger partial charge is 0.394 e. The highest BCUT2D eigenvalue weighted by atomic mass is 32.3. The van der Waals surface area contributed by atoms with Gasteiger partial charge in [0.05, 0.1) is 6.67 Å². The van der Waals surface area contributed by atoms with E-state index in [1.165, 1.54) is 14.1 Å². The van der Waals surface area contributed by atoms with Crippen LogP contribution in [0.25, 0.3) is 0 Å². The summed E-state index contributed by atoms with van der Waals surface area (Å²) in [6.45, 7) is 4.56. The van der Waals surface area contributed by atoms with Crippen molar-refractivity contribution in [3.05, 3.63) is 25.2 Å². The Morgan fingerprint density at radius 3 is 1.71 bits per heavy atom. The standard InChI is InChI=1S/C6H10N2.2CH5N.H2O4S/c1-3-8-5-4-7(2)6-8;2*1-2;1-5(2,3)4/h3-5H,1,6H2,2H3;2*2H2,1H3;(H2,1,2,3,4). The van der Waals surface area contributed by atoms with Crippen molar-refractivity contribution in [3.63, 3.8) is 0 Å². The molecule has 0 aromatic heterocycles. The van der Waals surface area contributed by atoms with Gasteiger partial charge in [0.2, 0.25) is 0 Å². The fourth-order valence-corrected chi connectivity index (χ4v) is 0.670. The van der Waals surface area contributed by atoms with E-state index in [1.807, 2.05) is 24.3 Å². The Morgan fingerprint density at radius 2 is 1.59 bits per heavy atom. The van der Waals surface area contributed by atoms with E-state index < -0.39 is 10.4 Å². The van der Waals surface area contributed by atoms with Crippen molar-refractivity contribution in [1.82, 2.24) is 9.80 Å². The third-order valence-corrected chi connectivity index (χ3v) is 1.13. The molecule has 0 amide bonds. The summed E-state index contributed by atoms with van der Waals surface area (Å²) < 4.78 is 31.6. The first kappa shape index (κ1) is 21.2. The van der Waals surface area contributed by atoms with E-state index in [0.717, 1.165) is 6.67 Å². The summed E-state index contributed by atoms with van der Waals surface area (Å²) in [6.07, 6.45) is 5.81. The predicted molar refractivity (Wildman–Crippen MR) is 68.2 cm³/mol. The molecule has 0 radical (unpaired) electrons. The summed E-state index contributed by atoms with van der Waals surface area (Å²) >= 11 is 0. The average molecular weight is 270 g/mol. The van der Waals surface area contributed by atoms with Crippen LogP contribution in [0, 0.1) is 0 Å². The molecule has 0 aliphatic carbocycles. The van der Waals surface area contributed by atoms with Crippen LogP contribution in [-0.2, 0) is 10.4 Å². The molecule has 9 heteroatoms. The van der Waals surface area contributed by atoms with Crippen LogP contribution in [0.1, 0.15) is 0 Å². The Morgan fingerprint density at radius 1 is 1.24 bits per heavy atom. The van der Waals surface area contributed by atoms with E-state index in [1.54, 1.807) is 6.20 Å². The molecule has 1 rings (SSSR count). The zero-order chi connectivity index (χ0) is 14.5. The van der Waals surface area contributed by atoms with Crippen molar-refractivity contribution in [1.29, 1.82) is 0 Å². The van der Waals surface area contributed by atoms with Crippen molar-refractivity contribution in [3.8, 4) is 0 Å². The maximum absolute atomic E-state index is 8.74. The topological polar surface area (TPSA) is 133 Å². The Balaban J connectivity index is -0.000000190. The predicted octanol–water partition coefficient (Wildman–Crippen LogP) is -0.697. The van der Waals surface area contributed by atoms with E-state index in [-0.39, 0.29) is 0 Å². The minimum Gasteiger partial charge on any atom is -0.361 e. The second-order valence-corrected chi connectivity index (χ2v) is 3.24. The van der Waals surface area contributed by atoms with Crippen molar-refractivity contribution < 1.29 is 17.5 Å². The third kappa shape index (κ3) is 25.3. The average Bonchev–Trinajstić information content (AvgIpc) is 2.68. The molecule has 0 atom stereocenters. The van der Waals surface area contributed by atoms with Gasteiger partial charge in [-0.3, -0.25) is 9.11 Å². The maximum Gasteiger partial charge on any atom is 0.394 e. The van der Waals surface area contributed by atoms with Crippen LogP contribution in [-0.4, -0.2) is 55.1 Å². The van der Waals surface area contributed by atoms with Crippen LogP contribution in [0.5, 0.6) is 0 Å². The molecule has 0 aromatic carbocycles. The van der Waals surface area contributed by atoms with E-state index in [2.05, 4.69) is 22.9 Å². The molecule has 1 aliphatic heterocycles. The molecular formula is C8H22N4O4S. The Bertz CT molecular complexity index is 284. The molecule has 104 valence electrons. The van der Waals surface area contributed by atoms with E-state index in [4.69, 9.17) is 17.5 Å². The second kappa shape index (κ2) is 12.9. The van der Waals surface area contributed by atoms with E-state index in [0.29, 0.717) is 0 Å². The SMILES string of the molecule is C=CN1C=CN(C)C1.CN.CN.O=S(=O)(O)O. The number of hydrogen-bond acceptors (Lipinski definition) is 6. The van der Waals surface area contributed by atoms with E-state index in [9.17, 15) is 0 Å². The Kier molecular flexibility index (Phi) is 16.1. The molecule has 0 aromatic rings. The summed E-state index contributed by atoms with van der Waals surface area (Å²) in [5.41, 5.74) is 9.00. The molecule has 0 bridgehead atoms. The smallest absolute Gasteiger partial charge is 0.361 e. The Hall–Kier alpha value is -1.13. The summed E-state index contributed by atoms with van der Waals surface area (Å²) in [7, 11) is 0.361. The fraction of sp³-hybridized carbons (Fsp3) is 0.500. The van der Waals surface area contributed by atoms with Gasteiger partial charge in [0.25, 0.3) is 0 Å². The summed E-state index contributed by atoms with van der Waals surface area (Å²) in [4.78, 5) is 4.10. The van der Waals surface area contributed by atoms with Gasteiger partial charge in [-0.15, -0.1) is 0 Å². The summed E-state index contributed by atoms with van der Waals surface area (Å²) in [5.74, 6) is 0. The molecule has 17 heavy (non-hydrogen) atoms. The van der Waals surface area contributed by atoms with Crippen LogP contribution >= 0.6 is 0 Å². The summed E-state index contributed by atoms with van der Waals surface area (Å²) in [5, 5.41) is 0. The number of nitrogens with zero attached hydrogens (tertiary/aromatic N) is 2. The molecule has 1 aliphatic rings. The molecule has 0 unspecified atom stereocenters. The van der Waals surface area contributed by atoms with Gasteiger partial charge in [-0.2, -0.15) is 8.42 Å². The zero-order valence-electron chi connectivity index (χ0n) is 10.3. The first-order valence-corrected chi connectivity index (χ1v) is 5.85. The quantitative estimate of drug-likeness (QED) is 0.460. The highest BCUT2D eigenvalue weighted by molar-refractivity contribution is 7.79. The van der Waals surface area contributed by atoms with Crippen molar-refractivity contribution in [2.45, 2.75) is 0 Å². The van der Waals surface area contributed by atoms with Crippen LogP contribution in [0.4, 0.5) is 0 Å². The van der Waals surface area contributed by atoms with Crippen molar-refractivity contribution in [2.75, 3.05) is 27.8 Å². The van der Waals surface area contributed by atoms with Crippen LogP contribution < -0.4 is 11.5 Å². The van der Waals surface area contributed by atoms with Gasteiger partial charge in [-0.1, -0.05) is 6.58 Å². The van der Waals surface area contributed by atoms with Gasteiger partial charge in [0.15, 0.2) is 0 Å². The normalized spacial score (nSPS) is 12.4. The monoisotopic (exact) mass is 270 g/mol. The molecule has 0 saturated carbocycles. The molecule has 0 saturated heterocycles. The first-order chi connectivity index (χ1) is 7.83. The van der Waals surface area contributed by atoms with Crippen LogP contribution in [0.15, 0.2) is 25.2 Å². The van der Waals surface area contributed by atoms with Gasteiger partial charge in [-0.25, -0.2) is 0 Å². The molecule has 1 heterocycles. The maximum atomic E-state index is 8.74. The first-order valence-electron chi connectivity index (χ1n) is 4.45. The minimum absolute atomic E-state index is 0.934. The lowest BCUT2D eigenvalue weighted by Gasteiger charge is -2.11. The lowest BCUT2D eigenvalue weighted by Crippen LogP contribution is -2.16. The molecule has 6 N–H and O–H groups in total. The molecule has 0 fully saturated rings. The van der Waals surface area contributed by atoms with Crippen molar-refractivity contribution in [2.24, 2.45) is 11.5 Å². The zero-order valence-corrected chi connectivity index (χ0v) is 11.1. The molecule has 8 nitrogen and oxygen atoms in total. The van der Waals surface area contributed by atoms with E-state index >= 15 is 0 Å². The fourth-order valence-electron chi connectivity index (χ4n) is 0.670. The van der Waals surface area contributed by atoms with Gasteiger partial charge in [0.1, 0.15) is 0 Å². The van der Waals surface area contributed by atoms with Crippen LogP contribution in [0.3, 0.4) is 0 Å². The van der Waals surface area contributed by atoms with Crippen molar-refractivity contribution >= 4 is 10.4 Å². The highest BCUT2D eigenvalue weighted by Gasteiger charge is 2.01.